The number of rotatable bonds is 17. The molecule has 0 unspecified atom stereocenters. The Bertz CT molecular complexity index is 1030. The molecule has 220 valence electrons. The Morgan fingerprint density at radius 1 is 0.850 bits per heavy atom. The standard InChI is InChI=1S/C33H49N3O4/c1-3-5-7-9-11-13-19-30-34-25-27(26-35-30)28-17-14-15-18-29(28)33(31(37)38)20-22-36(23-21-33)32(39)40-24-16-12-10-8-6-4-2/h14-15,17-18,25-26H,3-13,16,19-24H2,1-2H3,(H,37,38). The summed E-state index contributed by atoms with van der Waals surface area (Å²) in [4.78, 5) is 36.3. The van der Waals surface area contributed by atoms with Gasteiger partial charge in [-0.25, -0.2) is 14.8 Å². The highest BCUT2D eigenvalue weighted by Gasteiger charge is 2.45. The summed E-state index contributed by atoms with van der Waals surface area (Å²) in [6.07, 6.45) is 19.0. The molecule has 1 aliphatic heterocycles. The minimum Gasteiger partial charge on any atom is -0.481 e. The lowest BCUT2D eigenvalue weighted by atomic mass is 9.70. The molecule has 0 spiro atoms. The number of aliphatic carboxylic acids is 1. The molecule has 1 aromatic carbocycles. The molecule has 0 aliphatic carbocycles. The fourth-order valence-electron chi connectivity index (χ4n) is 5.64. The average Bonchev–Trinajstić information content (AvgIpc) is 2.98. The van der Waals surface area contributed by atoms with Crippen molar-refractivity contribution in [3.8, 4) is 11.1 Å². The van der Waals surface area contributed by atoms with Gasteiger partial charge in [0, 0.05) is 37.5 Å². The van der Waals surface area contributed by atoms with E-state index in [4.69, 9.17) is 4.74 Å². The van der Waals surface area contributed by atoms with Gasteiger partial charge in [0.25, 0.3) is 0 Å². The van der Waals surface area contributed by atoms with E-state index in [1.54, 1.807) is 4.90 Å². The zero-order valence-corrected chi connectivity index (χ0v) is 24.7. The van der Waals surface area contributed by atoms with Crippen molar-refractivity contribution in [1.29, 1.82) is 0 Å². The lowest BCUT2D eigenvalue weighted by Crippen LogP contribution is -2.49. The van der Waals surface area contributed by atoms with Crippen LogP contribution in [0.5, 0.6) is 0 Å². The topological polar surface area (TPSA) is 92.6 Å². The lowest BCUT2D eigenvalue weighted by molar-refractivity contribution is -0.145. The number of ether oxygens (including phenoxy) is 1. The smallest absolute Gasteiger partial charge is 0.409 e. The molecule has 1 saturated heterocycles. The largest absolute Gasteiger partial charge is 0.481 e. The van der Waals surface area contributed by atoms with Crippen LogP contribution < -0.4 is 0 Å². The molecule has 0 bridgehead atoms. The minimum absolute atomic E-state index is 0.336. The van der Waals surface area contributed by atoms with E-state index in [0.717, 1.165) is 48.2 Å². The maximum absolute atomic E-state index is 12.8. The number of carboxylic acids is 1. The van der Waals surface area contributed by atoms with Crippen molar-refractivity contribution in [2.75, 3.05) is 19.7 Å². The minimum atomic E-state index is -1.08. The van der Waals surface area contributed by atoms with Gasteiger partial charge in [0.15, 0.2) is 0 Å². The fraction of sp³-hybridized carbons (Fsp3) is 0.636. The molecule has 2 heterocycles. The number of aryl methyl sites for hydroxylation is 1. The van der Waals surface area contributed by atoms with Gasteiger partial charge in [-0.15, -0.1) is 0 Å². The van der Waals surface area contributed by atoms with E-state index in [9.17, 15) is 14.7 Å². The Balaban J connectivity index is 1.60. The Labute approximate surface area is 240 Å². The highest BCUT2D eigenvalue weighted by Crippen LogP contribution is 2.41. The molecular weight excluding hydrogens is 502 g/mol. The summed E-state index contributed by atoms with van der Waals surface area (Å²) in [7, 11) is 0. The van der Waals surface area contributed by atoms with Crippen molar-refractivity contribution < 1.29 is 19.4 Å². The second kappa shape index (κ2) is 17.0. The summed E-state index contributed by atoms with van der Waals surface area (Å²) >= 11 is 0. The molecule has 7 nitrogen and oxygen atoms in total. The number of benzene rings is 1. The number of carbonyl (C=O) groups excluding carboxylic acids is 1. The molecule has 0 atom stereocenters. The van der Waals surface area contributed by atoms with Crippen LogP contribution in [0.15, 0.2) is 36.7 Å². The third-order valence-electron chi connectivity index (χ3n) is 8.22. The quantitative estimate of drug-likeness (QED) is 0.200. The number of unbranched alkanes of at least 4 members (excludes halogenated alkanes) is 10. The Morgan fingerprint density at radius 2 is 1.43 bits per heavy atom. The molecule has 3 rings (SSSR count). The van der Waals surface area contributed by atoms with E-state index in [1.165, 1.54) is 57.8 Å². The number of hydrogen-bond donors (Lipinski definition) is 1. The maximum Gasteiger partial charge on any atom is 0.409 e. The number of carbonyl (C=O) groups is 2. The van der Waals surface area contributed by atoms with Gasteiger partial charge in [-0.2, -0.15) is 0 Å². The first-order valence-electron chi connectivity index (χ1n) is 15.6. The van der Waals surface area contributed by atoms with Crippen LogP contribution in [0.2, 0.25) is 0 Å². The van der Waals surface area contributed by atoms with E-state index < -0.39 is 11.4 Å². The number of hydrogen-bond acceptors (Lipinski definition) is 5. The van der Waals surface area contributed by atoms with Gasteiger partial charge >= 0.3 is 12.1 Å². The van der Waals surface area contributed by atoms with E-state index in [0.29, 0.717) is 32.5 Å². The third kappa shape index (κ3) is 9.03. The van der Waals surface area contributed by atoms with Gasteiger partial charge in [-0.05, 0) is 36.8 Å². The maximum atomic E-state index is 12.8. The predicted octanol–water partition coefficient (Wildman–Crippen LogP) is 7.96. The van der Waals surface area contributed by atoms with Crippen LogP contribution in [0, 0.1) is 0 Å². The third-order valence-corrected chi connectivity index (χ3v) is 8.22. The molecule has 1 fully saturated rings. The highest BCUT2D eigenvalue weighted by atomic mass is 16.6. The summed E-state index contributed by atoms with van der Waals surface area (Å²) in [5.74, 6) is -0.0295. The van der Waals surface area contributed by atoms with Gasteiger partial charge < -0.3 is 14.7 Å². The summed E-state index contributed by atoms with van der Waals surface area (Å²) in [6.45, 7) is 5.54. The second-order valence-electron chi connectivity index (χ2n) is 11.2. The molecule has 40 heavy (non-hydrogen) atoms. The van der Waals surface area contributed by atoms with Crippen LogP contribution in [0.25, 0.3) is 11.1 Å². The Kier molecular flexibility index (Phi) is 13.4. The average molecular weight is 552 g/mol. The molecule has 1 amide bonds. The van der Waals surface area contributed by atoms with Gasteiger partial charge in [0.05, 0.1) is 12.0 Å². The van der Waals surface area contributed by atoms with Crippen LogP contribution in [-0.2, 0) is 21.4 Å². The van der Waals surface area contributed by atoms with Crippen molar-refractivity contribution in [3.05, 3.63) is 48.0 Å². The first-order valence-corrected chi connectivity index (χ1v) is 15.6. The number of nitrogens with zero attached hydrogens (tertiary/aromatic N) is 3. The van der Waals surface area contributed by atoms with Crippen molar-refractivity contribution in [2.45, 2.75) is 116 Å². The predicted molar refractivity (Wildman–Crippen MR) is 159 cm³/mol. The van der Waals surface area contributed by atoms with Crippen LogP contribution >= 0.6 is 0 Å². The number of piperidine rings is 1. The first kappa shape index (κ1) is 31.6. The number of carboxylic acid groups (broad SMARTS) is 1. The van der Waals surface area contributed by atoms with Crippen molar-refractivity contribution in [2.24, 2.45) is 0 Å². The SMILES string of the molecule is CCCCCCCCOC(=O)N1CCC(C(=O)O)(c2ccccc2-c2cnc(CCCCCCCC)nc2)CC1. The summed E-state index contributed by atoms with van der Waals surface area (Å²) in [5, 5.41) is 10.5. The van der Waals surface area contributed by atoms with Crippen molar-refractivity contribution >= 4 is 12.1 Å². The van der Waals surface area contributed by atoms with Crippen molar-refractivity contribution in [1.82, 2.24) is 14.9 Å². The molecule has 1 aliphatic rings. The number of likely N-dealkylation sites (tertiary alicyclic amines) is 1. The summed E-state index contributed by atoms with van der Waals surface area (Å²) in [6, 6.07) is 7.67. The monoisotopic (exact) mass is 551 g/mol. The molecule has 1 aromatic heterocycles. The Morgan fingerprint density at radius 3 is 2.05 bits per heavy atom. The van der Waals surface area contributed by atoms with E-state index in [-0.39, 0.29) is 6.09 Å². The highest BCUT2D eigenvalue weighted by molar-refractivity contribution is 5.86. The van der Waals surface area contributed by atoms with E-state index in [1.807, 2.05) is 36.7 Å². The van der Waals surface area contributed by atoms with Gasteiger partial charge in [-0.3, -0.25) is 4.79 Å². The van der Waals surface area contributed by atoms with Gasteiger partial charge in [0.2, 0.25) is 0 Å². The summed E-state index contributed by atoms with van der Waals surface area (Å²) in [5.41, 5.74) is 1.35. The molecule has 7 heteroatoms. The lowest BCUT2D eigenvalue weighted by Gasteiger charge is -2.39. The summed E-state index contributed by atoms with van der Waals surface area (Å²) < 4.78 is 5.50. The molecule has 0 saturated carbocycles. The van der Waals surface area contributed by atoms with E-state index in [2.05, 4.69) is 23.8 Å². The van der Waals surface area contributed by atoms with E-state index >= 15 is 0 Å². The first-order chi connectivity index (χ1) is 19.5. The normalized spacial score (nSPS) is 14.7. The number of aromatic nitrogens is 2. The van der Waals surface area contributed by atoms with Gasteiger partial charge in [0.1, 0.15) is 5.82 Å². The molecule has 2 aromatic rings. The Hall–Kier alpha value is -2.96. The zero-order valence-electron chi connectivity index (χ0n) is 24.7. The van der Waals surface area contributed by atoms with Crippen LogP contribution in [0.3, 0.4) is 0 Å². The van der Waals surface area contributed by atoms with Gasteiger partial charge in [-0.1, -0.05) is 102 Å². The van der Waals surface area contributed by atoms with Crippen molar-refractivity contribution in [3.63, 3.8) is 0 Å². The van der Waals surface area contributed by atoms with Crippen LogP contribution in [0.4, 0.5) is 4.79 Å². The molecule has 0 radical (unpaired) electrons. The molecular formula is C33H49N3O4. The van der Waals surface area contributed by atoms with Crippen LogP contribution in [0.1, 0.15) is 115 Å². The zero-order chi connectivity index (χ0) is 28.6. The van der Waals surface area contributed by atoms with Crippen LogP contribution in [-0.4, -0.2) is 51.7 Å². The fourth-order valence-corrected chi connectivity index (χ4v) is 5.64. The second-order valence-corrected chi connectivity index (χ2v) is 11.2. The molecule has 1 N–H and O–H groups in total. The number of amides is 1.